The summed E-state index contributed by atoms with van der Waals surface area (Å²) >= 11 is 3.40. The fraction of sp³-hybridized carbons (Fsp3) is 0.111. The van der Waals surface area contributed by atoms with E-state index in [-0.39, 0.29) is 5.91 Å². The minimum absolute atomic E-state index is 0.259. The van der Waals surface area contributed by atoms with E-state index < -0.39 is 0 Å². The number of aryl methyl sites for hydroxylation is 1. The van der Waals surface area contributed by atoms with Gasteiger partial charge < -0.3 is 4.74 Å². The zero-order valence-corrected chi connectivity index (χ0v) is 14.3. The molecule has 0 aliphatic carbocycles. The van der Waals surface area contributed by atoms with Gasteiger partial charge >= 0.3 is 0 Å². The Morgan fingerprint density at radius 1 is 1.30 bits per heavy atom. The van der Waals surface area contributed by atoms with Gasteiger partial charge in [-0.25, -0.2) is 5.43 Å². The number of hydrazone groups is 1. The van der Waals surface area contributed by atoms with Gasteiger partial charge in [-0.15, -0.1) is 0 Å². The van der Waals surface area contributed by atoms with Gasteiger partial charge in [0.1, 0.15) is 12.4 Å². The molecule has 0 saturated carbocycles. The Balaban J connectivity index is 2.07. The second kappa shape index (κ2) is 8.29. The van der Waals surface area contributed by atoms with Crippen LogP contribution < -0.4 is 10.2 Å². The number of carbonyl (C=O) groups is 1. The molecular formula is C18H17BrN2O2. The van der Waals surface area contributed by atoms with Crippen molar-refractivity contribution >= 4 is 28.1 Å². The van der Waals surface area contributed by atoms with Gasteiger partial charge in [-0.2, -0.15) is 5.10 Å². The summed E-state index contributed by atoms with van der Waals surface area (Å²) < 4.78 is 6.45. The number of carbonyl (C=O) groups excluding carboxylic acids is 1. The second-order valence-corrected chi connectivity index (χ2v) is 5.76. The van der Waals surface area contributed by atoms with Crippen molar-refractivity contribution in [2.45, 2.75) is 6.92 Å². The zero-order valence-electron chi connectivity index (χ0n) is 12.8. The first-order valence-electron chi connectivity index (χ1n) is 7.03. The standard InChI is InChI=1S/C18H17BrN2O2/c1-3-10-23-17-9-8-16(19)11-15(17)12-20-21-18(22)14-6-4-13(2)5-7-14/h3-9,11-12H,1,10H2,2H3,(H,21,22)/b20-12+. The fourth-order valence-electron chi connectivity index (χ4n) is 1.83. The Kier molecular flexibility index (Phi) is 6.11. The third-order valence-corrected chi connectivity index (χ3v) is 3.51. The van der Waals surface area contributed by atoms with Crippen molar-refractivity contribution in [3.8, 4) is 5.75 Å². The monoisotopic (exact) mass is 372 g/mol. The summed E-state index contributed by atoms with van der Waals surface area (Å²) in [4.78, 5) is 12.0. The normalized spacial score (nSPS) is 10.5. The molecule has 0 spiro atoms. The predicted molar refractivity (Wildman–Crippen MR) is 96.1 cm³/mol. The van der Waals surface area contributed by atoms with Crippen LogP contribution in [0.3, 0.4) is 0 Å². The molecule has 1 amide bonds. The van der Waals surface area contributed by atoms with E-state index >= 15 is 0 Å². The fourth-order valence-corrected chi connectivity index (χ4v) is 2.21. The molecule has 0 atom stereocenters. The molecule has 4 nitrogen and oxygen atoms in total. The predicted octanol–water partition coefficient (Wildman–Crippen LogP) is 4.09. The maximum atomic E-state index is 12.0. The number of nitrogens with one attached hydrogen (secondary N) is 1. The largest absolute Gasteiger partial charge is 0.489 e. The molecular weight excluding hydrogens is 356 g/mol. The number of amides is 1. The highest BCUT2D eigenvalue weighted by Crippen LogP contribution is 2.21. The highest BCUT2D eigenvalue weighted by Gasteiger charge is 2.04. The number of hydrogen-bond donors (Lipinski definition) is 1. The summed E-state index contributed by atoms with van der Waals surface area (Å²) in [6, 6.07) is 12.9. The molecule has 23 heavy (non-hydrogen) atoms. The van der Waals surface area contributed by atoms with Crippen molar-refractivity contribution < 1.29 is 9.53 Å². The third-order valence-electron chi connectivity index (χ3n) is 3.01. The molecule has 0 aliphatic heterocycles. The van der Waals surface area contributed by atoms with E-state index in [4.69, 9.17) is 4.74 Å². The molecule has 0 fully saturated rings. The third kappa shape index (κ3) is 5.07. The molecule has 1 N–H and O–H groups in total. The molecule has 0 saturated heterocycles. The average molecular weight is 373 g/mol. The van der Waals surface area contributed by atoms with Crippen LogP contribution >= 0.6 is 15.9 Å². The SMILES string of the molecule is C=CCOc1ccc(Br)cc1/C=N/NC(=O)c1ccc(C)cc1. The van der Waals surface area contributed by atoms with E-state index in [0.717, 1.165) is 15.6 Å². The number of benzene rings is 2. The lowest BCUT2D eigenvalue weighted by molar-refractivity contribution is 0.0955. The quantitative estimate of drug-likeness (QED) is 0.471. The summed E-state index contributed by atoms with van der Waals surface area (Å²) in [7, 11) is 0. The second-order valence-electron chi connectivity index (χ2n) is 4.85. The highest BCUT2D eigenvalue weighted by molar-refractivity contribution is 9.10. The minimum atomic E-state index is -0.259. The van der Waals surface area contributed by atoms with Crippen LogP contribution in [0.2, 0.25) is 0 Å². The van der Waals surface area contributed by atoms with Crippen LogP contribution in [-0.4, -0.2) is 18.7 Å². The number of nitrogens with zero attached hydrogens (tertiary/aromatic N) is 1. The first-order chi connectivity index (χ1) is 11.1. The van der Waals surface area contributed by atoms with Gasteiger partial charge in [0.2, 0.25) is 0 Å². The van der Waals surface area contributed by atoms with Crippen molar-refractivity contribution in [3.63, 3.8) is 0 Å². The molecule has 0 aromatic heterocycles. The van der Waals surface area contributed by atoms with Crippen molar-refractivity contribution in [3.05, 3.63) is 76.3 Å². The van der Waals surface area contributed by atoms with E-state index in [1.54, 1.807) is 24.4 Å². The molecule has 0 aliphatic rings. The summed E-state index contributed by atoms with van der Waals surface area (Å²) in [5.41, 5.74) is 4.92. The van der Waals surface area contributed by atoms with Crippen LogP contribution in [0.25, 0.3) is 0 Å². The Morgan fingerprint density at radius 2 is 2.04 bits per heavy atom. The van der Waals surface area contributed by atoms with Gasteiger partial charge in [-0.1, -0.05) is 46.3 Å². The first-order valence-corrected chi connectivity index (χ1v) is 7.83. The minimum Gasteiger partial charge on any atom is -0.489 e. The average Bonchev–Trinajstić information content (AvgIpc) is 2.54. The molecule has 2 aromatic rings. The van der Waals surface area contributed by atoms with Crippen LogP contribution in [0.1, 0.15) is 21.5 Å². The number of hydrogen-bond acceptors (Lipinski definition) is 3. The lowest BCUT2D eigenvalue weighted by Gasteiger charge is -2.07. The lowest BCUT2D eigenvalue weighted by atomic mass is 10.1. The maximum Gasteiger partial charge on any atom is 0.271 e. The lowest BCUT2D eigenvalue weighted by Crippen LogP contribution is -2.17. The van der Waals surface area contributed by atoms with Crippen molar-refractivity contribution in [2.24, 2.45) is 5.10 Å². The molecule has 0 heterocycles. The van der Waals surface area contributed by atoms with Gasteiger partial charge in [-0.05, 0) is 37.3 Å². The topological polar surface area (TPSA) is 50.7 Å². The Hall–Kier alpha value is -2.40. The van der Waals surface area contributed by atoms with Crippen LogP contribution in [-0.2, 0) is 0 Å². The first kappa shape index (κ1) is 17.0. The summed E-state index contributed by atoms with van der Waals surface area (Å²) in [6.07, 6.45) is 3.22. The van der Waals surface area contributed by atoms with Crippen LogP contribution in [0.15, 0.2) is 64.7 Å². The molecule has 2 aromatic carbocycles. The molecule has 118 valence electrons. The van der Waals surface area contributed by atoms with E-state index in [9.17, 15) is 4.79 Å². The zero-order chi connectivity index (χ0) is 16.7. The van der Waals surface area contributed by atoms with Gasteiger partial charge in [0.05, 0.1) is 6.21 Å². The van der Waals surface area contributed by atoms with Gasteiger partial charge in [-0.3, -0.25) is 4.79 Å². The van der Waals surface area contributed by atoms with E-state index in [2.05, 4.69) is 33.0 Å². The van der Waals surface area contributed by atoms with Gasteiger partial charge in [0.15, 0.2) is 0 Å². The highest BCUT2D eigenvalue weighted by atomic mass is 79.9. The van der Waals surface area contributed by atoms with E-state index in [0.29, 0.717) is 17.9 Å². The Labute approximate surface area is 144 Å². The van der Waals surface area contributed by atoms with E-state index in [1.807, 2.05) is 37.3 Å². The Morgan fingerprint density at radius 3 is 2.74 bits per heavy atom. The number of rotatable bonds is 6. The maximum absolute atomic E-state index is 12.0. The number of halogens is 1. The molecule has 0 radical (unpaired) electrons. The van der Waals surface area contributed by atoms with Crippen molar-refractivity contribution in [1.82, 2.24) is 5.43 Å². The molecule has 5 heteroatoms. The van der Waals surface area contributed by atoms with Crippen molar-refractivity contribution in [1.29, 1.82) is 0 Å². The summed E-state index contributed by atoms with van der Waals surface area (Å²) in [6.45, 7) is 5.99. The molecule has 0 unspecified atom stereocenters. The molecule has 0 bridgehead atoms. The van der Waals surface area contributed by atoms with Crippen LogP contribution in [0, 0.1) is 6.92 Å². The smallest absolute Gasteiger partial charge is 0.271 e. The van der Waals surface area contributed by atoms with Gasteiger partial charge in [0, 0.05) is 15.6 Å². The van der Waals surface area contributed by atoms with Gasteiger partial charge in [0.25, 0.3) is 5.91 Å². The van der Waals surface area contributed by atoms with Crippen LogP contribution in [0.5, 0.6) is 5.75 Å². The van der Waals surface area contributed by atoms with Crippen LogP contribution in [0.4, 0.5) is 0 Å². The van der Waals surface area contributed by atoms with E-state index in [1.165, 1.54) is 0 Å². The van der Waals surface area contributed by atoms with Crippen molar-refractivity contribution in [2.75, 3.05) is 6.61 Å². The summed E-state index contributed by atoms with van der Waals surface area (Å²) in [5, 5.41) is 4.00. The Bertz CT molecular complexity index is 724. The summed E-state index contributed by atoms with van der Waals surface area (Å²) in [5.74, 6) is 0.409. The number of ether oxygens (including phenoxy) is 1. The molecule has 2 rings (SSSR count).